The minimum atomic E-state index is -0.281. The molecular weight excluding hydrogens is 176 g/mol. The third-order valence-corrected chi connectivity index (χ3v) is 2.36. The van der Waals surface area contributed by atoms with Crippen molar-refractivity contribution in [3.8, 4) is 0 Å². The Morgan fingerprint density at radius 2 is 1.93 bits per heavy atom. The van der Waals surface area contributed by atoms with Gasteiger partial charge in [-0.05, 0) is 11.5 Å². The van der Waals surface area contributed by atoms with Crippen LogP contribution in [0.2, 0.25) is 0 Å². The van der Waals surface area contributed by atoms with E-state index in [0.29, 0.717) is 0 Å². The number of carbonyl (C=O) groups excluding carboxylic acids is 1. The number of benzene rings is 2. The summed E-state index contributed by atoms with van der Waals surface area (Å²) in [5.41, 5.74) is 1.56. The molecule has 0 saturated heterocycles. The molecule has 0 spiro atoms. The lowest BCUT2D eigenvalue weighted by atomic mass is 10.1. The maximum absolute atomic E-state index is 11.1. The van der Waals surface area contributed by atoms with Crippen LogP contribution in [-0.2, 0) is 0 Å². The SMILES string of the molecule is O=C1[N]c2ccc3ccccc3c2N1. The molecule has 67 valence electrons. The van der Waals surface area contributed by atoms with E-state index in [0.717, 1.165) is 22.1 Å². The van der Waals surface area contributed by atoms with E-state index in [1.807, 2.05) is 36.4 Å². The number of rotatable bonds is 0. The van der Waals surface area contributed by atoms with Crippen LogP contribution in [0.3, 0.4) is 0 Å². The zero-order chi connectivity index (χ0) is 9.54. The van der Waals surface area contributed by atoms with Crippen LogP contribution < -0.4 is 10.6 Å². The summed E-state index contributed by atoms with van der Waals surface area (Å²) >= 11 is 0. The number of anilines is 1. The molecule has 0 saturated carbocycles. The predicted octanol–water partition coefficient (Wildman–Crippen LogP) is 2.62. The Hall–Kier alpha value is -2.03. The largest absolute Gasteiger partial charge is 0.346 e. The van der Waals surface area contributed by atoms with Gasteiger partial charge in [0.05, 0.1) is 11.4 Å². The molecule has 1 aliphatic rings. The fraction of sp³-hybridized carbons (Fsp3) is 0. The first-order valence-electron chi connectivity index (χ1n) is 4.39. The average molecular weight is 183 g/mol. The predicted molar refractivity (Wildman–Crippen MR) is 54.8 cm³/mol. The zero-order valence-electron chi connectivity index (χ0n) is 7.32. The molecule has 1 aliphatic heterocycles. The molecule has 1 radical (unpaired) electrons. The summed E-state index contributed by atoms with van der Waals surface area (Å²) in [6, 6.07) is 11.5. The quantitative estimate of drug-likeness (QED) is 0.670. The summed E-state index contributed by atoms with van der Waals surface area (Å²) in [6.07, 6.45) is 0. The van der Waals surface area contributed by atoms with Crippen molar-refractivity contribution in [1.29, 1.82) is 0 Å². The van der Waals surface area contributed by atoms with Gasteiger partial charge in [-0.3, -0.25) is 0 Å². The van der Waals surface area contributed by atoms with Gasteiger partial charge < -0.3 is 5.32 Å². The van der Waals surface area contributed by atoms with E-state index in [1.165, 1.54) is 0 Å². The third-order valence-electron chi connectivity index (χ3n) is 2.36. The molecule has 2 amide bonds. The molecule has 0 fully saturated rings. The average Bonchev–Trinajstić information content (AvgIpc) is 2.59. The van der Waals surface area contributed by atoms with Gasteiger partial charge in [0.25, 0.3) is 0 Å². The molecule has 0 unspecified atom stereocenters. The molecule has 14 heavy (non-hydrogen) atoms. The van der Waals surface area contributed by atoms with Crippen molar-refractivity contribution in [2.24, 2.45) is 0 Å². The fourth-order valence-electron chi connectivity index (χ4n) is 1.73. The highest BCUT2D eigenvalue weighted by molar-refractivity contribution is 6.12. The Morgan fingerprint density at radius 1 is 1.07 bits per heavy atom. The molecule has 1 N–H and O–H groups in total. The van der Waals surface area contributed by atoms with Gasteiger partial charge in [-0.25, -0.2) is 4.79 Å². The number of nitrogens with zero attached hydrogens (tertiary/aromatic N) is 1. The second-order valence-electron chi connectivity index (χ2n) is 3.22. The number of carbonyl (C=O) groups is 1. The monoisotopic (exact) mass is 183 g/mol. The van der Waals surface area contributed by atoms with Crippen LogP contribution in [0.1, 0.15) is 0 Å². The van der Waals surface area contributed by atoms with E-state index in [4.69, 9.17) is 0 Å². The van der Waals surface area contributed by atoms with E-state index in [-0.39, 0.29) is 6.03 Å². The van der Waals surface area contributed by atoms with E-state index >= 15 is 0 Å². The molecule has 0 bridgehead atoms. The fourth-order valence-corrected chi connectivity index (χ4v) is 1.73. The zero-order valence-corrected chi connectivity index (χ0v) is 7.32. The van der Waals surface area contributed by atoms with Crippen molar-refractivity contribution in [3.05, 3.63) is 36.4 Å². The van der Waals surface area contributed by atoms with Crippen LogP contribution in [0.25, 0.3) is 10.8 Å². The van der Waals surface area contributed by atoms with Gasteiger partial charge >= 0.3 is 6.03 Å². The van der Waals surface area contributed by atoms with E-state index < -0.39 is 0 Å². The Bertz CT molecular complexity index is 534. The molecule has 0 aromatic heterocycles. The summed E-state index contributed by atoms with van der Waals surface area (Å²) in [6.45, 7) is 0. The Labute approximate surface area is 80.7 Å². The van der Waals surface area contributed by atoms with E-state index in [9.17, 15) is 4.79 Å². The van der Waals surface area contributed by atoms with Crippen LogP contribution in [-0.4, -0.2) is 6.03 Å². The Kier molecular flexibility index (Phi) is 1.31. The summed E-state index contributed by atoms with van der Waals surface area (Å²) in [7, 11) is 0. The first-order valence-corrected chi connectivity index (χ1v) is 4.39. The highest BCUT2D eigenvalue weighted by Crippen LogP contribution is 2.34. The van der Waals surface area contributed by atoms with Gasteiger partial charge in [0, 0.05) is 5.39 Å². The number of fused-ring (bicyclic) bond motifs is 3. The maximum Gasteiger partial charge on any atom is 0.346 e. The molecule has 1 heterocycles. The van der Waals surface area contributed by atoms with Gasteiger partial charge in [0.2, 0.25) is 0 Å². The minimum Gasteiger partial charge on any atom is -0.303 e. The van der Waals surface area contributed by atoms with Gasteiger partial charge in [-0.2, -0.15) is 5.32 Å². The van der Waals surface area contributed by atoms with Crippen LogP contribution in [0.4, 0.5) is 16.2 Å². The normalized spacial score (nSPS) is 13.6. The Morgan fingerprint density at radius 3 is 2.86 bits per heavy atom. The molecular formula is C11H7N2O. The second kappa shape index (κ2) is 2.48. The molecule has 0 aliphatic carbocycles. The van der Waals surface area contributed by atoms with Crippen molar-refractivity contribution in [2.75, 3.05) is 5.32 Å². The van der Waals surface area contributed by atoms with Crippen LogP contribution >= 0.6 is 0 Å². The molecule has 0 atom stereocenters. The second-order valence-corrected chi connectivity index (χ2v) is 3.22. The molecule has 3 nitrogen and oxygen atoms in total. The third kappa shape index (κ3) is 0.893. The van der Waals surface area contributed by atoms with Gasteiger partial charge in [0.15, 0.2) is 0 Å². The standard InChI is InChI=1S/C11H7N2O/c14-11-12-9-6-5-7-3-1-2-4-8(7)10(9)13-11/h1-6H,(H,13,14). The highest BCUT2D eigenvalue weighted by Gasteiger charge is 2.20. The number of urea groups is 1. The lowest BCUT2D eigenvalue weighted by Crippen LogP contribution is -2.08. The van der Waals surface area contributed by atoms with Crippen molar-refractivity contribution in [1.82, 2.24) is 5.32 Å². The van der Waals surface area contributed by atoms with Crippen molar-refractivity contribution >= 4 is 28.2 Å². The van der Waals surface area contributed by atoms with Gasteiger partial charge in [0.1, 0.15) is 0 Å². The smallest absolute Gasteiger partial charge is 0.303 e. The van der Waals surface area contributed by atoms with Crippen LogP contribution in [0.5, 0.6) is 0 Å². The van der Waals surface area contributed by atoms with Crippen molar-refractivity contribution in [3.63, 3.8) is 0 Å². The van der Waals surface area contributed by atoms with Gasteiger partial charge in [-0.15, -0.1) is 0 Å². The number of amides is 2. The van der Waals surface area contributed by atoms with Crippen LogP contribution in [0.15, 0.2) is 36.4 Å². The first-order chi connectivity index (χ1) is 6.84. The van der Waals surface area contributed by atoms with E-state index in [1.54, 1.807) is 0 Å². The number of hydrogen-bond acceptors (Lipinski definition) is 1. The summed E-state index contributed by atoms with van der Waals surface area (Å²) in [5.74, 6) is 0. The van der Waals surface area contributed by atoms with Crippen molar-refractivity contribution in [2.45, 2.75) is 0 Å². The molecule has 3 heteroatoms. The van der Waals surface area contributed by atoms with E-state index in [2.05, 4.69) is 10.6 Å². The van der Waals surface area contributed by atoms with Crippen LogP contribution in [0, 0.1) is 0 Å². The lowest BCUT2D eigenvalue weighted by molar-refractivity contribution is 0.256. The summed E-state index contributed by atoms with van der Waals surface area (Å²) in [4.78, 5) is 11.1. The first kappa shape index (κ1) is 7.38. The lowest BCUT2D eigenvalue weighted by Gasteiger charge is -2.01. The van der Waals surface area contributed by atoms with Crippen molar-refractivity contribution < 1.29 is 4.79 Å². The highest BCUT2D eigenvalue weighted by atomic mass is 16.2. The van der Waals surface area contributed by atoms with Gasteiger partial charge in [-0.1, -0.05) is 30.3 Å². The molecule has 3 rings (SSSR count). The molecule has 2 aromatic rings. The molecule has 2 aromatic carbocycles. The topological polar surface area (TPSA) is 43.2 Å². The Balaban J connectivity index is 2.39. The summed E-state index contributed by atoms with van der Waals surface area (Å²) in [5, 5.41) is 8.74. The minimum absolute atomic E-state index is 0.281. The maximum atomic E-state index is 11.1. The summed E-state index contributed by atoms with van der Waals surface area (Å²) < 4.78 is 0. The number of nitrogens with one attached hydrogen (secondary N) is 1. The number of hydrogen-bond donors (Lipinski definition) is 1.